The minimum absolute atomic E-state index is 0.473. The molecule has 0 aromatic carbocycles. The van der Waals surface area contributed by atoms with Crippen molar-refractivity contribution in [3.8, 4) is 0 Å². The van der Waals surface area contributed by atoms with Gasteiger partial charge in [0, 0.05) is 11.9 Å². The number of hydrogen-bond donors (Lipinski definition) is 3. The van der Waals surface area contributed by atoms with Crippen LogP contribution in [0.1, 0.15) is 13.3 Å². The maximum absolute atomic E-state index is 10.7. The first-order chi connectivity index (χ1) is 7.51. The molecule has 0 heterocycles. The minimum atomic E-state index is -1.22. The number of nitrogens with one attached hydrogen (secondary N) is 1. The van der Waals surface area contributed by atoms with E-state index in [0.29, 0.717) is 5.70 Å². The molecule has 0 rings (SSSR count). The highest BCUT2D eigenvalue weighted by Gasteiger charge is 2.20. The zero-order valence-corrected chi connectivity index (χ0v) is 8.88. The molecule has 88 valence electrons. The van der Waals surface area contributed by atoms with E-state index in [1.165, 1.54) is 12.3 Å². The summed E-state index contributed by atoms with van der Waals surface area (Å²) in [5.41, 5.74) is 0.473. The van der Waals surface area contributed by atoms with E-state index in [2.05, 4.69) is 17.0 Å². The van der Waals surface area contributed by atoms with Gasteiger partial charge >= 0.3 is 11.9 Å². The van der Waals surface area contributed by atoms with Gasteiger partial charge < -0.3 is 15.5 Å². The fourth-order valence-electron chi connectivity index (χ4n) is 0.937. The predicted molar refractivity (Wildman–Crippen MR) is 59.3 cm³/mol. The largest absolute Gasteiger partial charge is 0.481 e. The Morgan fingerprint density at radius 2 is 2.12 bits per heavy atom. The molecule has 0 aliphatic heterocycles. The van der Waals surface area contributed by atoms with Crippen molar-refractivity contribution in [1.29, 1.82) is 0 Å². The summed E-state index contributed by atoms with van der Waals surface area (Å²) in [5, 5.41) is 19.9. The van der Waals surface area contributed by atoms with Crippen LogP contribution in [-0.4, -0.2) is 34.9 Å². The lowest BCUT2D eigenvalue weighted by Crippen LogP contribution is -2.37. The van der Waals surface area contributed by atoms with Gasteiger partial charge in [-0.1, -0.05) is 6.08 Å². The van der Waals surface area contributed by atoms with Crippen LogP contribution in [0.2, 0.25) is 0 Å². The molecule has 0 aliphatic rings. The SMILES string of the molecule is C=N/C=C\C(=C/C)NC(CC(=O)O)C(=O)O. The summed E-state index contributed by atoms with van der Waals surface area (Å²) in [6.45, 7) is 4.92. The van der Waals surface area contributed by atoms with Gasteiger partial charge in [-0.25, -0.2) is 4.79 Å². The third kappa shape index (κ3) is 5.58. The molecule has 16 heavy (non-hydrogen) atoms. The molecule has 0 spiro atoms. The number of nitrogens with zero attached hydrogens (tertiary/aromatic N) is 1. The molecule has 0 bridgehead atoms. The molecule has 0 fully saturated rings. The minimum Gasteiger partial charge on any atom is -0.481 e. The molecule has 1 unspecified atom stereocenters. The Kier molecular flexibility index (Phi) is 6.27. The summed E-state index contributed by atoms with van der Waals surface area (Å²) in [6.07, 6.45) is 3.99. The number of aliphatic carboxylic acids is 2. The number of carboxylic acid groups (broad SMARTS) is 2. The van der Waals surface area contributed by atoms with Crippen molar-refractivity contribution in [3.63, 3.8) is 0 Å². The molecule has 0 radical (unpaired) electrons. The smallest absolute Gasteiger partial charge is 0.326 e. The van der Waals surface area contributed by atoms with E-state index in [9.17, 15) is 9.59 Å². The highest BCUT2D eigenvalue weighted by molar-refractivity contribution is 5.80. The third-order valence-electron chi connectivity index (χ3n) is 1.69. The Morgan fingerprint density at radius 3 is 2.50 bits per heavy atom. The summed E-state index contributed by atoms with van der Waals surface area (Å²) in [7, 11) is 0. The lowest BCUT2D eigenvalue weighted by Gasteiger charge is -2.13. The number of aliphatic imine (C=N–C) groups is 1. The summed E-state index contributed by atoms with van der Waals surface area (Å²) in [5.74, 6) is -2.40. The molecular weight excluding hydrogens is 212 g/mol. The van der Waals surface area contributed by atoms with E-state index in [1.807, 2.05) is 0 Å². The quantitative estimate of drug-likeness (QED) is 0.436. The first kappa shape index (κ1) is 13.9. The lowest BCUT2D eigenvalue weighted by molar-refractivity contribution is -0.145. The second-order valence-corrected chi connectivity index (χ2v) is 2.88. The van der Waals surface area contributed by atoms with Crippen molar-refractivity contribution in [2.45, 2.75) is 19.4 Å². The van der Waals surface area contributed by atoms with Gasteiger partial charge in [-0.15, -0.1) is 0 Å². The zero-order valence-electron chi connectivity index (χ0n) is 8.88. The molecule has 3 N–H and O–H groups in total. The van der Waals surface area contributed by atoms with Crippen molar-refractivity contribution < 1.29 is 19.8 Å². The Balaban J connectivity index is 4.59. The second-order valence-electron chi connectivity index (χ2n) is 2.88. The molecule has 0 saturated carbocycles. The number of allylic oxidation sites excluding steroid dienone is 2. The van der Waals surface area contributed by atoms with Crippen molar-refractivity contribution >= 4 is 18.7 Å². The Bertz CT molecular complexity index is 334. The monoisotopic (exact) mass is 226 g/mol. The van der Waals surface area contributed by atoms with Crippen LogP contribution in [0, 0.1) is 0 Å². The van der Waals surface area contributed by atoms with Gasteiger partial charge in [-0.2, -0.15) is 0 Å². The standard InChI is InChI=1S/C10H14N2O4/c1-3-7(4-5-11-2)12-8(10(15)16)6-9(13)14/h3-5,8,12H,2,6H2,1H3,(H,13,14)(H,15,16)/b5-4-,7-3+. The van der Waals surface area contributed by atoms with E-state index in [-0.39, 0.29) is 0 Å². The number of rotatable bonds is 7. The van der Waals surface area contributed by atoms with Crippen molar-refractivity contribution in [3.05, 3.63) is 24.0 Å². The molecular formula is C10H14N2O4. The normalized spacial score (nSPS) is 13.4. The molecule has 6 heteroatoms. The molecule has 0 saturated heterocycles. The van der Waals surface area contributed by atoms with Gasteiger partial charge in [0.1, 0.15) is 6.04 Å². The van der Waals surface area contributed by atoms with Gasteiger partial charge in [0.15, 0.2) is 0 Å². The van der Waals surface area contributed by atoms with Crippen molar-refractivity contribution in [1.82, 2.24) is 5.32 Å². The topological polar surface area (TPSA) is 99.0 Å². The average molecular weight is 226 g/mol. The van der Waals surface area contributed by atoms with E-state index in [0.717, 1.165) is 0 Å². The van der Waals surface area contributed by atoms with Crippen LogP contribution >= 0.6 is 0 Å². The van der Waals surface area contributed by atoms with Crippen LogP contribution in [0.3, 0.4) is 0 Å². The van der Waals surface area contributed by atoms with E-state index >= 15 is 0 Å². The molecule has 0 aromatic heterocycles. The maximum atomic E-state index is 10.7. The molecule has 0 amide bonds. The Hall–Kier alpha value is -2.11. The predicted octanol–water partition coefficient (Wildman–Crippen LogP) is 0.622. The number of hydrogen-bond acceptors (Lipinski definition) is 4. The highest BCUT2D eigenvalue weighted by Crippen LogP contribution is 2.00. The fourth-order valence-corrected chi connectivity index (χ4v) is 0.937. The van der Waals surface area contributed by atoms with E-state index in [4.69, 9.17) is 10.2 Å². The highest BCUT2D eigenvalue weighted by atomic mass is 16.4. The summed E-state index contributed by atoms with van der Waals surface area (Å²) < 4.78 is 0. The van der Waals surface area contributed by atoms with Gasteiger partial charge in [-0.05, 0) is 19.7 Å². The second kappa shape index (κ2) is 7.22. The molecule has 0 aromatic rings. The maximum Gasteiger partial charge on any atom is 0.326 e. The van der Waals surface area contributed by atoms with Gasteiger partial charge in [0.05, 0.1) is 6.42 Å². The first-order valence-corrected chi connectivity index (χ1v) is 4.51. The average Bonchev–Trinajstić information content (AvgIpc) is 2.21. The number of carbonyl (C=O) groups is 2. The van der Waals surface area contributed by atoms with Crippen molar-refractivity contribution in [2.75, 3.05) is 0 Å². The van der Waals surface area contributed by atoms with Crippen LogP contribution in [0.25, 0.3) is 0 Å². The van der Waals surface area contributed by atoms with Crippen LogP contribution < -0.4 is 5.32 Å². The lowest BCUT2D eigenvalue weighted by atomic mass is 10.2. The van der Waals surface area contributed by atoms with Gasteiger partial charge in [0.2, 0.25) is 0 Å². The zero-order chi connectivity index (χ0) is 12.6. The van der Waals surface area contributed by atoms with Crippen LogP contribution in [-0.2, 0) is 9.59 Å². The van der Waals surface area contributed by atoms with E-state index in [1.54, 1.807) is 13.0 Å². The molecule has 0 aliphatic carbocycles. The first-order valence-electron chi connectivity index (χ1n) is 4.51. The van der Waals surface area contributed by atoms with Crippen LogP contribution in [0.4, 0.5) is 0 Å². The molecule has 6 nitrogen and oxygen atoms in total. The molecule has 1 atom stereocenters. The van der Waals surface area contributed by atoms with E-state index < -0.39 is 24.4 Å². The van der Waals surface area contributed by atoms with Gasteiger partial charge in [-0.3, -0.25) is 9.79 Å². The number of carboxylic acids is 2. The van der Waals surface area contributed by atoms with Crippen LogP contribution in [0.15, 0.2) is 29.0 Å². The van der Waals surface area contributed by atoms with Crippen LogP contribution in [0.5, 0.6) is 0 Å². The third-order valence-corrected chi connectivity index (χ3v) is 1.69. The summed E-state index contributed by atoms with van der Waals surface area (Å²) in [4.78, 5) is 24.6. The fraction of sp³-hybridized carbons (Fsp3) is 0.300. The summed E-state index contributed by atoms with van der Waals surface area (Å²) >= 11 is 0. The van der Waals surface area contributed by atoms with Crippen molar-refractivity contribution in [2.24, 2.45) is 4.99 Å². The van der Waals surface area contributed by atoms with Gasteiger partial charge in [0.25, 0.3) is 0 Å². The Morgan fingerprint density at radius 1 is 1.50 bits per heavy atom. The Labute approximate surface area is 93.0 Å². The summed E-state index contributed by atoms with van der Waals surface area (Å²) in [6, 6.07) is -1.17.